The summed E-state index contributed by atoms with van der Waals surface area (Å²) < 4.78 is 19.2. The van der Waals surface area contributed by atoms with Gasteiger partial charge in [0.1, 0.15) is 24.7 Å². The van der Waals surface area contributed by atoms with Crippen molar-refractivity contribution in [1.29, 1.82) is 0 Å². The maximum absolute atomic E-state index is 13.4. The van der Waals surface area contributed by atoms with E-state index in [-0.39, 0.29) is 43.0 Å². The molecule has 1 aromatic heterocycles. The summed E-state index contributed by atoms with van der Waals surface area (Å²) in [4.78, 5) is 30.9. The standard InChI is InChI=1S/C24H32FN3O3S/c1-16(2)26-23(30)28(24(3,4)5)14-22(29)27-12-10-21-19(11-13-32-21)20(27)15-31-18-8-6-17(25)7-9-18/h6-9,11,13,16,20H,10,12,14-15H2,1-5H3,(H,26,30)/t20-/m0/s1. The van der Waals surface area contributed by atoms with Crippen molar-refractivity contribution in [2.75, 3.05) is 19.7 Å². The van der Waals surface area contributed by atoms with Crippen LogP contribution in [0.1, 0.15) is 51.1 Å². The van der Waals surface area contributed by atoms with Crippen LogP contribution in [0.25, 0.3) is 0 Å². The third-order valence-corrected chi connectivity index (χ3v) is 6.39. The van der Waals surface area contributed by atoms with Crippen LogP contribution in [0.4, 0.5) is 9.18 Å². The lowest BCUT2D eigenvalue weighted by Gasteiger charge is -2.40. The molecule has 0 unspecified atom stereocenters. The van der Waals surface area contributed by atoms with Crippen molar-refractivity contribution in [3.05, 3.63) is 52.0 Å². The summed E-state index contributed by atoms with van der Waals surface area (Å²) in [5.41, 5.74) is 0.559. The summed E-state index contributed by atoms with van der Waals surface area (Å²) in [5.74, 6) is 0.103. The van der Waals surface area contributed by atoms with Crippen LogP contribution in [0.5, 0.6) is 5.75 Å². The van der Waals surface area contributed by atoms with Crippen molar-refractivity contribution in [3.63, 3.8) is 0 Å². The number of fused-ring (bicyclic) bond motifs is 1. The Hall–Kier alpha value is -2.61. The van der Waals surface area contributed by atoms with E-state index in [4.69, 9.17) is 4.74 Å². The number of halogens is 1. The fourth-order valence-corrected chi connectivity index (χ4v) is 4.67. The second kappa shape index (κ2) is 9.90. The van der Waals surface area contributed by atoms with Crippen LogP contribution in [0, 0.1) is 5.82 Å². The SMILES string of the molecule is CC(C)NC(=O)N(CC(=O)N1CCc2sccc2[C@@H]1COc1ccc(F)cc1)C(C)(C)C. The normalized spacial score (nSPS) is 16.0. The van der Waals surface area contributed by atoms with Gasteiger partial charge >= 0.3 is 6.03 Å². The molecule has 1 N–H and O–H groups in total. The number of ether oxygens (including phenoxy) is 1. The average molecular weight is 462 g/mol. The van der Waals surface area contributed by atoms with E-state index in [0.29, 0.717) is 12.3 Å². The highest BCUT2D eigenvalue weighted by Gasteiger charge is 2.36. The van der Waals surface area contributed by atoms with Crippen molar-refractivity contribution >= 4 is 23.3 Å². The van der Waals surface area contributed by atoms with E-state index in [1.807, 2.05) is 46.1 Å². The molecule has 1 atom stereocenters. The quantitative estimate of drug-likeness (QED) is 0.683. The highest BCUT2D eigenvalue weighted by atomic mass is 32.1. The molecular weight excluding hydrogens is 429 g/mol. The van der Waals surface area contributed by atoms with Crippen LogP contribution in [-0.2, 0) is 11.2 Å². The second-order valence-corrected chi connectivity index (χ2v) is 10.3. The number of carbonyl (C=O) groups excluding carboxylic acids is 2. The molecule has 1 aliphatic rings. The van der Waals surface area contributed by atoms with E-state index in [2.05, 4.69) is 5.32 Å². The van der Waals surface area contributed by atoms with Gasteiger partial charge < -0.3 is 19.9 Å². The predicted octanol–water partition coefficient (Wildman–Crippen LogP) is 4.61. The van der Waals surface area contributed by atoms with Gasteiger partial charge in [-0.05, 0) is 82.3 Å². The second-order valence-electron chi connectivity index (χ2n) is 9.28. The van der Waals surface area contributed by atoms with E-state index >= 15 is 0 Å². The number of nitrogens with zero attached hydrogens (tertiary/aromatic N) is 2. The molecule has 0 fully saturated rings. The zero-order chi connectivity index (χ0) is 23.5. The van der Waals surface area contributed by atoms with Crippen molar-refractivity contribution in [3.8, 4) is 5.75 Å². The summed E-state index contributed by atoms with van der Waals surface area (Å²) in [7, 11) is 0. The topological polar surface area (TPSA) is 61.9 Å². The molecule has 1 aromatic carbocycles. The Morgan fingerprint density at radius 1 is 1.25 bits per heavy atom. The Kier molecular flexibility index (Phi) is 7.44. The van der Waals surface area contributed by atoms with Gasteiger partial charge in [-0.3, -0.25) is 4.79 Å². The maximum Gasteiger partial charge on any atom is 0.318 e. The third kappa shape index (κ3) is 5.79. The predicted molar refractivity (Wildman–Crippen MR) is 124 cm³/mol. The van der Waals surface area contributed by atoms with Crippen molar-refractivity contribution in [1.82, 2.24) is 15.1 Å². The zero-order valence-electron chi connectivity index (χ0n) is 19.4. The minimum Gasteiger partial charge on any atom is -0.491 e. The van der Waals surface area contributed by atoms with Gasteiger partial charge in [0.15, 0.2) is 0 Å². The van der Waals surface area contributed by atoms with Crippen LogP contribution < -0.4 is 10.1 Å². The first-order chi connectivity index (χ1) is 15.1. The van der Waals surface area contributed by atoms with Gasteiger partial charge in [0.2, 0.25) is 5.91 Å². The fourth-order valence-electron chi connectivity index (χ4n) is 3.75. The van der Waals surface area contributed by atoms with Gasteiger partial charge in [-0.15, -0.1) is 11.3 Å². The summed E-state index contributed by atoms with van der Waals surface area (Å²) >= 11 is 1.68. The largest absolute Gasteiger partial charge is 0.491 e. The smallest absolute Gasteiger partial charge is 0.318 e. The Morgan fingerprint density at radius 3 is 2.56 bits per heavy atom. The Labute approximate surface area is 193 Å². The monoisotopic (exact) mass is 461 g/mol. The Balaban J connectivity index is 1.79. The lowest BCUT2D eigenvalue weighted by atomic mass is 10.00. The van der Waals surface area contributed by atoms with Crippen LogP contribution in [0.15, 0.2) is 35.7 Å². The number of thiophene rings is 1. The van der Waals surface area contributed by atoms with Crippen molar-refractivity contribution < 1.29 is 18.7 Å². The number of nitrogens with one attached hydrogen (secondary N) is 1. The zero-order valence-corrected chi connectivity index (χ0v) is 20.2. The number of hydrogen-bond acceptors (Lipinski definition) is 4. The number of hydrogen-bond donors (Lipinski definition) is 1. The molecule has 0 spiro atoms. The van der Waals surface area contributed by atoms with E-state index < -0.39 is 5.54 Å². The van der Waals surface area contributed by atoms with Gasteiger partial charge in [-0.1, -0.05) is 0 Å². The third-order valence-electron chi connectivity index (χ3n) is 5.40. The van der Waals surface area contributed by atoms with Gasteiger partial charge in [0, 0.05) is 23.0 Å². The Bertz CT molecular complexity index is 937. The molecule has 0 saturated heterocycles. The number of benzene rings is 1. The number of amides is 3. The van der Waals surface area contributed by atoms with E-state index in [1.54, 1.807) is 33.3 Å². The van der Waals surface area contributed by atoms with Gasteiger partial charge in [-0.25, -0.2) is 9.18 Å². The minimum atomic E-state index is -0.516. The summed E-state index contributed by atoms with van der Waals surface area (Å²) in [5, 5.41) is 4.92. The van der Waals surface area contributed by atoms with E-state index in [1.165, 1.54) is 17.0 Å². The molecule has 174 valence electrons. The lowest BCUT2D eigenvalue weighted by Crippen LogP contribution is -2.56. The molecule has 0 bridgehead atoms. The number of urea groups is 1. The average Bonchev–Trinajstić information content (AvgIpc) is 3.18. The summed E-state index contributed by atoms with van der Waals surface area (Å²) in [6.45, 7) is 10.3. The molecule has 32 heavy (non-hydrogen) atoms. The van der Waals surface area contributed by atoms with Crippen molar-refractivity contribution in [2.24, 2.45) is 0 Å². The molecular formula is C24H32FN3O3S. The molecule has 0 radical (unpaired) electrons. The first-order valence-corrected chi connectivity index (χ1v) is 11.8. The molecule has 1 aliphatic heterocycles. The molecule has 3 amide bonds. The summed E-state index contributed by atoms with van der Waals surface area (Å²) in [6, 6.07) is 7.35. The van der Waals surface area contributed by atoms with Gasteiger partial charge in [-0.2, -0.15) is 0 Å². The molecule has 6 nitrogen and oxygen atoms in total. The lowest BCUT2D eigenvalue weighted by molar-refractivity contribution is -0.136. The van der Waals surface area contributed by atoms with Crippen LogP contribution in [0.2, 0.25) is 0 Å². The minimum absolute atomic E-state index is 0.0193. The highest BCUT2D eigenvalue weighted by molar-refractivity contribution is 7.10. The molecule has 0 saturated carbocycles. The van der Waals surface area contributed by atoms with Gasteiger partial charge in [0.25, 0.3) is 0 Å². The molecule has 0 aliphatic carbocycles. The van der Waals surface area contributed by atoms with Crippen LogP contribution >= 0.6 is 11.3 Å². The molecule has 3 rings (SSSR count). The van der Waals surface area contributed by atoms with Crippen molar-refractivity contribution in [2.45, 2.75) is 58.7 Å². The fraction of sp³-hybridized carbons (Fsp3) is 0.500. The maximum atomic E-state index is 13.4. The first kappa shape index (κ1) is 24.0. The highest BCUT2D eigenvalue weighted by Crippen LogP contribution is 2.34. The Morgan fingerprint density at radius 2 is 1.94 bits per heavy atom. The van der Waals surface area contributed by atoms with Crippen LogP contribution in [0.3, 0.4) is 0 Å². The number of rotatable bonds is 6. The van der Waals surface area contributed by atoms with E-state index in [9.17, 15) is 14.0 Å². The molecule has 8 heteroatoms. The summed E-state index contributed by atoms with van der Waals surface area (Å²) in [6.07, 6.45) is 0.777. The molecule has 2 aromatic rings. The first-order valence-electron chi connectivity index (χ1n) is 10.9. The van der Waals surface area contributed by atoms with E-state index in [0.717, 1.165) is 12.0 Å². The van der Waals surface area contributed by atoms with Crippen LogP contribution in [-0.4, -0.2) is 53.0 Å². The number of carbonyl (C=O) groups is 2. The molecule has 2 heterocycles. The van der Waals surface area contributed by atoms with Gasteiger partial charge in [0.05, 0.1) is 6.04 Å².